The summed E-state index contributed by atoms with van der Waals surface area (Å²) in [7, 11) is 0. The Kier molecular flexibility index (Phi) is 5.54. The van der Waals surface area contributed by atoms with Crippen LogP contribution in [-0.2, 0) is 14.3 Å². The molecule has 4 N–H and O–H groups in total. The van der Waals surface area contributed by atoms with Gasteiger partial charge in [0.2, 0.25) is 0 Å². The molecule has 1 saturated heterocycles. The van der Waals surface area contributed by atoms with Crippen LogP contribution in [0.15, 0.2) is 47.5 Å². The summed E-state index contributed by atoms with van der Waals surface area (Å²) in [4.78, 5) is 39.6. The summed E-state index contributed by atoms with van der Waals surface area (Å²) < 4.78 is 11.8. The number of hydrogen-bond acceptors (Lipinski definition) is 8. The number of ketones is 3. The Morgan fingerprint density at radius 3 is 2.35 bits per heavy atom. The lowest BCUT2D eigenvalue weighted by atomic mass is 9.69. The van der Waals surface area contributed by atoms with Gasteiger partial charge in [0.25, 0.3) is 0 Å². The number of Topliss-reactive ketones (excluding diaryl/α,β-unsaturated/α-hetero) is 3. The van der Waals surface area contributed by atoms with Crippen LogP contribution in [0.5, 0.6) is 0 Å². The molecule has 2 aromatic carbocycles. The lowest BCUT2D eigenvalue weighted by molar-refractivity contribution is -0.239. The fourth-order valence-corrected chi connectivity index (χ4v) is 5.21. The van der Waals surface area contributed by atoms with E-state index in [1.807, 2.05) is 24.3 Å². The minimum Gasteiger partial charge on any atom is -0.389 e. The van der Waals surface area contributed by atoms with Crippen LogP contribution in [-0.4, -0.2) is 63.8 Å². The fraction of sp³-hybridized carbons (Fsp3) is 0.423. The van der Waals surface area contributed by atoms with E-state index in [1.54, 1.807) is 19.1 Å². The SMILES string of the molecule is CC(=O)[C@]1(O)CC2=C(C(=O)c3cc4ccccc4cc3C2=O)[C@@H](O[C@H]2C[C@H](N)[C@H](O)[C@H](C)O2)C1. The van der Waals surface area contributed by atoms with Crippen molar-refractivity contribution < 1.29 is 34.1 Å². The molecule has 3 aliphatic rings. The van der Waals surface area contributed by atoms with E-state index in [0.717, 1.165) is 10.8 Å². The first-order valence-corrected chi connectivity index (χ1v) is 11.4. The lowest BCUT2D eigenvalue weighted by Crippen LogP contribution is -2.54. The van der Waals surface area contributed by atoms with Crippen molar-refractivity contribution in [1.29, 1.82) is 0 Å². The van der Waals surface area contributed by atoms with Gasteiger partial charge in [-0.05, 0) is 36.8 Å². The summed E-state index contributed by atoms with van der Waals surface area (Å²) in [6.07, 6.45) is -3.67. The summed E-state index contributed by atoms with van der Waals surface area (Å²) in [6.45, 7) is 2.92. The van der Waals surface area contributed by atoms with E-state index < -0.39 is 47.8 Å². The second-order valence-corrected chi connectivity index (χ2v) is 9.55. The first-order valence-electron chi connectivity index (χ1n) is 11.4. The average molecular weight is 466 g/mol. The van der Waals surface area contributed by atoms with Crippen LogP contribution in [0, 0.1) is 0 Å². The largest absolute Gasteiger partial charge is 0.389 e. The molecular weight excluding hydrogens is 438 g/mol. The number of fused-ring (bicyclic) bond motifs is 2. The minimum atomic E-state index is -1.85. The third kappa shape index (κ3) is 3.62. The van der Waals surface area contributed by atoms with Crippen LogP contribution in [0.25, 0.3) is 10.8 Å². The first-order chi connectivity index (χ1) is 16.1. The zero-order chi connectivity index (χ0) is 24.4. The number of aliphatic hydroxyl groups is 2. The first kappa shape index (κ1) is 23.0. The quantitative estimate of drug-likeness (QED) is 0.625. The highest BCUT2D eigenvalue weighted by Crippen LogP contribution is 2.43. The van der Waals surface area contributed by atoms with Crippen LogP contribution in [0.2, 0.25) is 0 Å². The smallest absolute Gasteiger partial charge is 0.192 e. The van der Waals surface area contributed by atoms with Crippen molar-refractivity contribution in [2.24, 2.45) is 5.73 Å². The predicted octanol–water partition coefficient (Wildman–Crippen LogP) is 1.84. The van der Waals surface area contributed by atoms with E-state index in [9.17, 15) is 24.6 Å². The van der Waals surface area contributed by atoms with Crippen molar-refractivity contribution in [3.63, 3.8) is 0 Å². The normalized spacial score (nSPS) is 33.6. The van der Waals surface area contributed by atoms with E-state index in [2.05, 4.69) is 0 Å². The van der Waals surface area contributed by atoms with Gasteiger partial charge in [0.05, 0.1) is 18.3 Å². The summed E-state index contributed by atoms with van der Waals surface area (Å²) in [5.41, 5.74) is 4.93. The Balaban J connectivity index is 1.58. The zero-order valence-electron chi connectivity index (χ0n) is 19.0. The van der Waals surface area contributed by atoms with Gasteiger partial charge in [-0.1, -0.05) is 24.3 Å². The van der Waals surface area contributed by atoms with Gasteiger partial charge >= 0.3 is 0 Å². The maximum atomic E-state index is 13.7. The van der Waals surface area contributed by atoms with E-state index >= 15 is 0 Å². The number of aliphatic hydroxyl groups excluding tert-OH is 1. The van der Waals surface area contributed by atoms with Crippen molar-refractivity contribution in [3.05, 3.63) is 58.7 Å². The molecule has 0 amide bonds. The molecule has 0 bridgehead atoms. The molecule has 8 nitrogen and oxygen atoms in total. The molecule has 0 saturated carbocycles. The molecule has 0 spiro atoms. The molecule has 8 heteroatoms. The number of ether oxygens (including phenoxy) is 2. The van der Waals surface area contributed by atoms with Gasteiger partial charge in [-0.3, -0.25) is 14.4 Å². The Bertz CT molecular complexity index is 1240. The highest BCUT2D eigenvalue weighted by Gasteiger charge is 2.50. The molecule has 2 aliphatic carbocycles. The standard InChI is InChI=1S/C26H27NO7/c1-12-23(29)19(27)9-21(33-12)34-20-11-26(32,13(2)28)10-18-22(20)25(31)17-8-15-6-4-3-5-14(15)7-16(17)24(18)30/h3-8,12,19-21,23,29,32H,9-11,27H2,1-2H3/t12-,19-,20-,21-,23+,26-/m0/s1. The predicted molar refractivity (Wildman–Crippen MR) is 122 cm³/mol. The van der Waals surface area contributed by atoms with Crippen molar-refractivity contribution in [1.82, 2.24) is 0 Å². The van der Waals surface area contributed by atoms with Gasteiger partial charge in [0.15, 0.2) is 23.6 Å². The van der Waals surface area contributed by atoms with Crippen LogP contribution in [0.4, 0.5) is 0 Å². The Labute approximate surface area is 196 Å². The molecule has 178 valence electrons. The topological polar surface area (TPSA) is 136 Å². The van der Waals surface area contributed by atoms with Gasteiger partial charge in [-0.2, -0.15) is 0 Å². The number of benzene rings is 2. The second-order valence-electron chi connectivity index (χ2n) is 9.55. The van der Waals surface area contributed by atoms with Crippen molar-refractivity contribution >= 4 is 28.1 Å². The monoisotopic (exact) mass is 465 g/mol. The lowest BCUT2D eigenvalue weighted by Gasteiger charge is -2.42. The van der Waals surface area contributed by atoms with E-state index in [-0.39, 0.29) is 47.3 Å². The van der Waals surface area contributed by atoms with Crippen LogP contribution >= 0.6 is 0 Å². The third-order valence-electron chi connectivity index (χ3n) is 7.26. The van der Waals surface area contributed by atoms with E-state index in [1.165, 1.54) is 6.92 Å². The van der Waals surface area contributed by atoms with Gasteiger partial charge < -0.3 is 25.4 Å². The summed E-state index contributed by atoms with van der Waals surface area (Å²) >= 11 is 0. The molecule has 1 fully saturated rings. The van der Waals surface area contributed by atoms with Crippen molar-refractivity contribution in [2.75, 3.05) is 0 Å². The molecule has 6 atom stereocenters. The van der Waals surface area contributed by atoms with Crippen LogP contribution in [0.1, 0.15) is 53.8 Å². The molecule has 2 aromatic rings. The van der Waals surface area contributed by atoms with Crippen LogP contribution in [0.3, 0.4) is 0 Å². The number of carbonyl (C=O) groups excluding carboxylic acids is 3. The summed E-state index contributed by atoms with van der Waals surface area (Å²) in [5.74, 6) is -1.27. The maximum absolute atomic E-state index is 13.7. The molecule has 0 unspecified atom stereocenters. The molecule has 1 heterocycles. The molecule has 34 heavy (non-hydrogen) atoms. The zero-order valence-corrected chi connectivity index (χ0v) is 19.0. The van der Waals surface area contributed by atoms with Crippen molar-refractivity contribution in [3.8, 4) is 0 Å². The van der Waals surface area contributed by atoms with Crippen LogP contribution < -0.4 is 5.73 Å². The molecular formula is C26H27NO7. The minimum absolute atomic E-state index is 0.0925. The Morgan fingerprint density at radius 2 is 1.76 bits per heavy atom. The molecule has 0 aromatic heterocycles. The fourth-order valence-electron chi connectivity index (χ4n) is 5.21. The molecule has 5 rings (SSSR count). The van der Waals surface area contributed by atoms with E-state index in [4.69, 9.17) is 15.2 Å². The number of nitrogens with two attached hydrogens (primary N) is 1. The van der Waals surface area contributed by atoms with Gasteiger partial charge in [0.1, 0.15) is 5.60 Å². The summed E-state index contributed by atoms with van der Waals surface area (Å²) in [6, 6.07) is 10.2. The average Bonchev–Trinajstić information content (AvgIpc) is 2.79. The third-order valence-corrected chi connectivity index (χ3v) is 7.26. The summed E-state index contributed by atoms with van der Waals surface area (Å²) in [5, 5.41) is 22.8. The Hall–Kier alpha value is -2.75. The van der Waals surface area contributed by atoms with E-state index in [0.29, 0.717) is 0 Å². The van der Waals surface area contributed by atoms with Gasteiger partial charge in [-0.25, -0.2) is 0 Å². The number of carbonyl (C=O) groups is 3. The number of hydrogen-bond donors (Lipinski definition) is 3. The highest BCUT2D eigenvalue weighted by atomic mass is 16.7. The molecule has 1 aliphatic heterocycles. The van der Waals surface area contributed by atoms with Crippen molar-refractivity contribution in [2.45, 2.75) is 69.4 Å². The van der Waals surface area contributed by atoms with Gasteiger partial charge in [0, 0.05) is 47.6 Å². The van der Waals surface area contributed by atoms with Gasteiger partial charge in [-0.15, -0.1) is 0 Å². The maximum Gasteiger partial charge on any atom is 0.192 e. The highest BCUT2D eigenvalue weighted by molar-refractivity contribution is 6.29. The molecule has 0 radical (unpaired) electrons. The second kappa shape index (κ2) is 8.18. The Morgan fingerprint density at radius 1 is 1.15 bits per heavy atom. The number of rotatable bonds is 3.